The fourth-order valence-corrected chi connectivity index (χ4v) is 2.64. The summed E-state index contributed by atoms with van der Waals surface area (Å²) in [4.78, 5) is 20.7. The Morgan fingerprint density at radius 1 is 1.05 bits per heavy atom. The van der Waals surface area contributed by atoms with Crippen LogP contribution in [0.15, 0.2) is 42.5 Å². The molecule has 0 N–H and O–H groups in total. The SMILES string of the molecule is Cc1cccc(C(=O)N2CCN(c3ccc(F)cc3)CC2)n1. The molecule has 1 aliphatic rings. The van der Waals surface area contributed by atoms with Gasteiger partial charge < -0.3 is 9.80 Å². The minimum Gasteiger partial charge on any atom is -0.368 e. The molecule has 1 aromatic carbocycles. The van der Waals surface area contributed by atoms with Gasteiger partial charge in [0.1, 0.15) is 11.5 Å². The van der Waals surface area contributed by atoms with E-state index in [0.29, 0.717) is 18.8 Å². The molecule has 3 rings (SSSR count). The van der Waals surface area contributed by atoms with Crippen molar-refractivity contribution in [1.82, 2.24) is 9.88 Å². The summed E-state index contributed by atoms with van der Waals surface area (Å²) in [7, 11) is 0. The number of anilines is 1. The third kappa shape index (κ3) is 3.08. The number of hydrogen-bond donors (Lipinski definition) is 0. The number of benzene rings is 1. The second-order valence-electron chi connectivity index (χ2n) is 5.42. The van der Waals surface area contributed by atoms with Gasteiger partial charge in [0, 0.05) is 37.6 Å². The van der Waals surface area contributed by atoms with Gasteiger partial charge in [-0.25, -0.2) is 9.37 Å². The zero-order valence-electron chi connectivity index (χ0n) is 12.5. The zero-order valence-corrected chi connectivity index (χ0v) is 12.5. The van der Waals surface area contributed by atoms with E-state index in [-0.39, 0.29) is 11.7 Å². The van der Waals surface area contributed by atoms with Crippen LogP contribution in [0, 0.1) is 12.7 Å². The van der Waals surface area contributed by atoms with Crippen LogP contribution in [-0.4, -0.2) is 42.0 Å². The van der Waals surface area contributed by atoms with E-state index >= 15 is 0 Å². The van der Waals surface area contributed by atoms with E-state index in [1.54, 1.807) is 18.2 Å². The van der Waals surface area contributed by atoms with Crippen LogP contribution in [0.3, 0.4) is 0 Å². The normalized spacial score (nSPS) is 15.0. The summed E-state index contributed by atoms with van der Waals surface area (Å²) >= 11 is 0. The molecule has 2 heterocycles. The molecule has 0 bridgehead atoms. The van der Waals surface area contributed by atoms with Gasteiger partial charge in [0.25, 0.3) is 5.91 Å². The first kappa shape index (κ1) is 14.5. The number of pyridine rings is 1. The molecule has 0 aliphatic carbocycles. The van der Waals surface area contributed by atoms with Crippen molar-refractivity contribution in [2.45, 2.75) is 6.92 Å². The van der Waals surface area contributed by atoms with Crippen molar-refractivity contribution in [2.24, 2.45) is 0 Å². The maximum Gasteiger partial charge on any atom is 0.272 e. The van der Waals surface area contributed by atoms with Gasteiger partial charge in [0.2, 0.25) is 0 Å². The summed E-state index contributed by atoms with van der Waals surface area (Å²) in [6.07, 6.45) is 0. The largest absolute Gasteiger partial charge is 0.368 e. The Morgan fingerprint density at radius 2 is 1.73 bits per heavy atom. The van der Waals surface area contributed by atoms with Gasteiger partial charge in [-0.1, -0.05) is 6.07 Å². The van der Waals surface area contributed by atoms with Crippen molar-refractivity contribution in [3.63, 3.8) is 0 Å². The zero-order chi connectivity index (χ0) is 15.5. The average Bonchev–Trinajstić information content (AvgIpc) is 2.55. The topological polar surface area (TPSA) is 36.4 Å². The fraction of sp³-hybridized carbons (Fsp3) is 0.294. The number of piperazine rings is 1. The number of hydrogen-bond acceptors (Lipinski definition) is 3. The molecule has 0 saturated carbocycles. The molecule has 2 aromatic rings. The second kappa shape index (κ2) is 6.13. The minimum atomic E-state index is -0.233. The molecule has 5 heteroatoms. The van der Waals surface area contributed by atoms with E-state index in [1.807, 2.05) is 24.0 Å². The summed E-state index contributed by atoms with van der Waals surface area (Å²) in [5, 5.41) is 0. The van der Waals surface area contributed by atoms with Gasteiger partial charge in [-0.2, -0.15) is 0 Å². The van der Waals surface area contributed by atoms with Gasteiger partial charge in [-0.15, -0.1) is 0 Å². The van der Waals surface area contributed by atoms with Crippen LogP contribution >= 0.6 is 0 Å². The molecule has 1 saturated heterocycles. The van der Waals surface area contributed by atoms with E-state index in [1.165, 1.54) is 12.1 Å². The highest BCUT2D eigenvalue weighted by Gasteiger charge is 2.23. The van der Waals surface area contributed by atoms with E-state index < -0.39 is 0 Å². The van der Waals surface area contributed by atoms with Crippen LogP contribution in [0.5, 0.6) is 0 Å². The monoisotopic (exact) mass is 299 g/mol. The van der Waals surface area contributed by atoms with E-state index in [2.05, 4.69) is 9.88 Å². The average molecular weight is 299 g/mol. The number of nitrogens with zero attached hydrogens (tertiary/aromatic N) is 3. The Bertz CT molecular complexity index is 664. The predicted octanol–water partition coefficient (Wildman–Crippen LogP) is 2.49. The summed E-state index contributed by atoms with van der Waals surface area (Å²) in [5.41, 5.74) is 2.33. The van der Waals surface area contributed by atoms with Crippen molar-refractivity contribution < 1.29 is 9.18 Å². The van der Waals surface area contributed by atoms with Gasteiger partial charge >= 0.3 is 0 Å². The van der Waals surface area contributed by atoms with Crippen molar-refractivity contribution in [2.75, 3.05) is 31.1 Å². The van der Waals surface area contributed by atoms with Crippen LogP contribution in [-0.2, 0) is 0 Å². The van der Waals surface area contributed by atoms with E-state index in [0.717, 1.165) is 24.5 Å². The van der Waals surface area contributed by atoms with Crippen LogP contribution in [0.25, 0.3) is 0 Å². The number of rotatable bonds is 2. The number of carbonyl (C=O) groups excluding carboxylic acids is 1. The van der Waals surface area contributed by atoms with Crippen LogP contribution in [0.2, 0.25) is 0 Å². The highest BCUT2D eigenvalue weighted by molar-refractivity contribution is 5.92. The van der Waals surface area contributed by atoms with Crippen LogP contribution in [0.1, 0.15) is 16.2 Å². The molecule has 0 atom stereocenters. The van der Waals surface area contributed by atoms with Gasteiger partial charge in [0.15, 0.2) is 0 Å². The lowest BCUT2D eigenvalue weighted by Gasteiger charge is -2.36. The molecule has 1 fully saturated rings. The molecule has 0 spiro atoms. The molecule has 22 heavy (non-hydrogen) atoms. The number of aromatic nitrogens is 1. The molecule has 1 amide bonds. The maximum absolute atomic E-state index is 13.0. The molecule has 114 valence electrons. The Balaban J connectivity index is 1.64. The molecule has 1 aromatic heterocycles. The summed E-state index contributed by atoms with van der Waals surface area (Å²) in [5.74, 6) is -0.259. The number of halogens is 1. The number of carbonyl (C=O) groups is 1. The first-order valence-corrected chi connectivity index (χ1v) is 7.37. The third-order valence-corrected chi connectivity index (χ3v) is 3.87. The minimum absolute atomic E-state index is 0.0255. The predicted molar refractivity (Wildman–Crippen MR) is 83.5 cm³/mol. The first-order valence-electron chi connectivity index (χ1n) is 7.37. The molecular weight excluding hydrogens is 281 g/mol. The summed E-state index contributed by atoms with van der Waals surface area (Å²) < 4.78 is 13.0. The van der Waals surface area contributed by atoms with Gasteiger partial charge in [0.05, 0.1) is 0 Å². The summed E-state index contributed by atoms with van der Waals surface area (Å²) in [6.45, 7) is 4.65. The quantitative estimate of drug-likeness (QED) is 0.855. The van der Waals surface area contributed by atoms with Crippen LogP contribution in [0.4, 0.5) is 10.1 Å². The Kier molecular flexibility index (Phi) is 4.04. The third-order valence-electron chi connectivity index (χ3n) is 3.87. The number of aryl methyl sites for hydroxylation is 1. The maximum atomic E-state index is 13.0. The lowest BCUT2D eigenvalue weighted by atomic mass is 10.2. The highest BCUT2D eigenvalue weighted by atomic mass is 19.1. The molecule has 0 unspecified atom stereocenters. The second-order valence-corrected chi connectivity index (χ2v) is 5.42. The Labute approximate surface area is 129 Å². The molecular formula is C17H18FN3O. The number of amides is 1. The fourth-order valence-electron chi connectivity index (χ4n) is 2.64. The molecule has 0 radical (unpaired) electrons. The first-order chi connectivity index (χ1) is 10.6. The lowest BCUT2D eigenvalue weighted by molar-refractivity contribution is 0.0740. The Hall–Kier alpha value is -2.43. The highest BCUT2D eigenvalue weighted by Crippen LogP contribution is 2.17. The smallest absolute Gasteiger partial charge is 0.272 e. The molecule has 4 nitrogen and oxygen atoms in total. The summed E-state index contributed by atoms with van der Waals surface area (Å²) in [6, 6.07) is 12.0. The van der Waals surface area contributed by atoms with Crippen molar-refractivity contribution in [3.8, 4) is 0 Å². The van der Waals surface area contributed by atoms with Crippen molar-refractivity contribution in [1.29, 1.82) is 0 Å². The standard InChI is InChI=1S/C17H18FN3O/c1-13-3-2-4-16(19-13)17(22)21-11-9-20(10-12-21)15-7-5-14(18)6-8-15/h2-8H,9-12H2,1H3. The molecule has 1 aliphatic heterocycles. The van der Waals surface area contributed by atoms with Crippen LogP contribution < -0.4 is 4.90 Å². The van der Waals surface area contributed by atoms with Crippen molar-refractivity contribution >= 4 is 11.6 Å². The van der Waals surface area contributed by atoms with Crippen molar-refractivity contribution in [3.05, 3.63) is 59.7 Å². The Morgan fingerprint density at radius 3 is 2.36 bits per heavy atom. The van der Waals surface area contributed by atoms with E-state index in [9.17, 15) is 9.18 Å². The van der Waals surface area contributed by atoms with Gasteiger partial charge in [-0.05, 0) is 43.3 Å². The van der Waals surface area contributed by atoms with Gasteiger partial charge in [-0.3, -0.25) is 4.79 Å². The lowest BCUT2D eigenvalue weighted by Crippen LogP contribution is -2.49. The van der Waals surface area contributed by atoms with E-state index in [4.69, 9.17) is 0 Å².